The number of carbonyl (C=O) groups is 4. The number of ether oxygens (including phenoxy) is 1. The van der Waals surface area contributed by atoms with E-state index in [9.17, 15) is 19.2 Å². The fourth-order valence-electron chi connectivity index (χ4n) is 7.40. The average molecular weight is 759 g/mol. The summed E-state index contributed by atoms with van der Waals surface area (Å²) in [6.45, 7) is 8.56. The van der Waals surface area contributed by atoms with Crippen molar-refractivity contribution in [3.63, 3.8) is 0 Å². The van der Waals surface area contributed by atoms with Crippen LogP contribution in [0, 0.1) is 0 Å². The molecule has 5 heterocycles. The number of aromatic amines is 1. The second-order valence-electron chi connectivity index (χ2n) is 13.9. The fraction of sp³-hybridized carbons (Fsp3) is 0.341. The molecule has 0 aliphatic carbocycles. The number of nitrogens with one attached hydrogen (secondary N) is 4. The number of aliphatic imine (C=N–C) groups is 1. The lowest BCUT2D eigenvalue weighted by Crippen LogP contribution is -2.54. The first-order valence-electron chi connectivity index (χ1n) is 19.0. The third-order valence-electron chi connectivity index (χ3n) is 10.4. The second-order valence-corrected chi connectivity index (χ2v) is 13.9. The molecule has 2 aromatic heterocycles. The monoisotopic (exact) mass is 758 g/mol. The van der Waals surface area contributed by atoms with Gasteiger partial charge in [-0.2, -0.15) is 4.98 Å². The van der Waals surface area contributed by atoms with Gasteiger partial charge >= 0.3 is 0 Å². The van der Waals surface area contributed by atoms with Gasteiger partial charge in [0, 0.05) is 67.0 Å². The summed E-state index contributed by atoms with van der Waals surface area (Å²) < 4.78 is 5.92. The summed E-state index contributed by atoms with van der Waals surface area (Å²) in [6, 6.07) is 14.4. The molecule has 2 aromatic carbocycles. The first-order valence-corrected chi connectivity index (χ1v) is 19.0. The summed E-state index contributed by atoms with van der Waals surface area (Å²) >= 11 is 0. The number of carbonyl (C=O) groups excluding carboxylic acids is 4. The van der Waals surface area contributed by atoms with Crippen LogP contribution in [0.25, 0.3) is 16.6 Å². The number of aromatic nitrogens is 3. The van der Waals surface area contributed by atoms with E-state index in [2.05, 4.69) is 66.7 Å². The zero-order valence-corrected chi connectivity index (χ0v) is 31.1. The highest BCUT2D eigenvalue weighted by Crippen LogP contribution is 2.33. The molecule has 56 heavy (non-hydrogen) atoms. The third-order valence-corrected chi connectivity index (χ3v) is 10.4. The standard InChI is InChI=1S/C41H46N10O5/c1-2-3-16-43-25-28(24-42)36-31-13-17-45-37(31)49-41(48-36)46-29-9-7-26(8-10-29)27-14-19-50(20-15-27)21-23-56-22-18-44-32-6-4-5-30-35(32)40(55)51(39(30)54)33-11-12-34(52)47-38(33)53/h2,4-10,13,17,24-25,27,33,44H,1,3,11-12,14-16,18-23,42H2,(H,47,52,53)(H2,45,46,48,49)/b28-24+,43-25?. The van der Waals surface area contributed by atoms with Crippen molar-refractivity contribution < 1.29 is 23.9 Å². The molecule has 3 aliphatic heterocycles. The molecular formula is C41H46N10O5. The number of likely N-dealkylation sites (tertiary alicyclic amines) is 1. The van der Waals surface area contributed by atoms with Crippen LogP contribution in [0.5, 0.6) is 0 Å². The third kappa shape index (κ3) is 8.38. The Morgan fingerprint density at radius 1 is 1.02 bits per heavy atom. The van der Waals surface area contributed by atoms with E-state index >= 15 is 0 Å². The summed E-state index contributed by atoms with van der Waals surface area (Å²) in [7, 11) is 0. The molecule has 7 rings (SSSR count). The number of rotatable bonds is 16. The highest BCUT2D eigenvalue weighted by molar-refractivity contribution is 6.25. The Morgan fingerprint density at radius 2 is 1.84 bits per heavy atom. The van der Waals surface area contributed by atoms with Crippen molar-refractivity contribution in [3.8, 4) is 0 Å². The minimum absolute atomic E-state index is 0.0754. The highest BCUT2D eigenvalue weighted by atomic mass is 16.5. The Balaban J connectivity index is 0.845. The quantitative estimate of drug-likeness (QED) is 0.0471. The van der Waals surface area contributed by atoms with Crippen molar-refractivity contribution in [3.05, 3.63) is 96.0 Å². The first-order chi connectivity index (χ1) is 27.3. The Labute approximate surface area is 324 Å². The molecular weight excluding hydrogens is 713 g/mol. The van der Waals surface area contributed by atoms with Crippen molar-refractivity contribution >= 4 is 63.8 Å². The van der Waals surface area contributed by atoms with Crippen LogP contribution in [0.15, 0.2) is 78.6 Å². The van der Waals surface area contributed by atoms with Gasteiger partial charge in [-0.25, -0.2) is 4.98 Å². The second kappa shape index (κ2) is 17.5. The van der Waals surface area contributed by atoms with Crippen molar-refractivity contribution in [1.82, 2.24) is 30.1 Å². The van der Waals surface area contributed by atoms with Gasteiger partial charge in [0.05, 0.1) is 30.0 Å². The van der Waals surface area contributed by atoms with E-state index in [4.69, 9.17) is 15.5 Å². The maximum atomic E-state index is 13.3. The van der Waals surface area contributed by atoms with Crippen LogP contribution in [0.4, 0.5) is 17.3 Å². The van der Waals surface area contributed by atoms with E-state index in [0.29, 0.717) is 60.8 Å². The molecule has 2 saturated heterocycles. The smallest absolute Gasteiger partial charge is 0.264 e. The highest BCUT2D eigenvalue weighted by Gasteiger charge is 2.45. The lowest BCUT2D eigenvalue weighted by atomic mass is 9.89. The molecule has 290 valence electrons. The zero-order chi connectivity index (χ0) is 39.0. The Morgan fingerprint density at radius 3 is 2.61 bits per heavy atom. The molecule has 3 aliphatic rings. The van der Waals surface area contributed by atoms with Crippen LogP contribution in [0.3, 0.4) is 0 Å². The number of allylic oxidation sites excluding steroid dienone is 1. The Kier molecular flexibility index (Phi) is 11.9. The molecule has 1 unspecified atom stereocenters. The predicted molar refractivity (Wildman–Crippen MR) is 215 cm³/mol. The summed E-state index contributed by atoms with van der Waals surface area (Å²) in [5.41, 5.74) is 11.3. The van der Waals surface area contributed by atoms with Gasteiger partial charge in [-0.3, -0.25) is 34.4 Å². The van der Waals surface area contributed by atoms with Gasteiger partial charge in [0.25, 0.3) is 11.8 Å². The van der Waals surface area contributed by atoms with Crippen molar-refractivity contribution in [2.45, 2.75) is 44.1 Å². The van der Waals surface area contributed by atoms with E-state index < -0.39 is 29.7 Å². The molecule has 15 heteroatoms. The lowest BCUT2D eigenvalue weighted by Gasteiger charge is -2.32. The van der Waals surface area contributed by atoms with E-state index in [1.807, 2.05) is 18.3 Å². The van der Waals surface area contributed by atoms with E-state index in [-0.39, 0.29) is 24.0 Å². The summed E-state index contributed by atoms with van der Waals surface area (Å²) in [5.74, 6) is -1.17. The number of benzene rings is 2. The number of amides is 4. The number of nitrogens with two attached hydrogens (primary N) is 1. The van der Waals surface area contributed by atoms with Crippen molar-refractivity contribution in [1.29, 1.82) is 0 Å². The van der Waals surface area contributed by atoms with Gasteiger partial charge in [0.15, 0.2) is 0 Å². The molecule has 0 radical (unpaired) electrons. The summed E-state index contributed by atoms with van der Waals surface area (Å²) in [5, 5.41) is 9.66. The van der Waals surface area contributed by atoms with Crippen molar-refractivity contribution in [2.75, 3.05) is 56.6 Å². The molecule has 15 nitrogen and oxygen atoms in total. The number of hydrogen-bond acceptors (Lipinski definition) is 12. The number of piperidine rings is 2. The number of fused-ring (bicyclic) bond motifs is 2. The fourth-order valence-corrected chi connectivity index (χ4v) is 7.40. The number of nitrogens with zero attached hydrogens (tertiary/aromatic N) is 5. The minimum atomic E-state index is -1.00. The maximum Gasteiger partial charge on any atom is 0.264 e. The molecule has 0 saturated carbocycles. The molecule has 4 aromatic rings. The predicted octanol–water partition coefficient (Wildman–Crippen LogP) is 4.36. The van der Waals surface area contributed by atoms with E-state index in [1.54, 1.807) is 24.4 Å². The number of H-pyrrole nitrogens is 1. The molecule has 0 bridgehead atoms. The van der Waals surface area contributed by atoms with E-state index in [0.717, 1.165) is 54.9 Å². The first kappa shape index (κ1) is 38.1. The van der Waals surface area contributed by atoms with E-state index in [1.165, 1.54) is 11.8 Å². The van der Waals surface area contributed by atoms with Crippen LogP contribution >= 0.6 is 0 Å². The molecule has 0 spiro atoms. The van der Waals surface area contributed by atoms with Gasteiger partial charge in [0.2, 0.25) is 17.8 Å². The van der Waals surface area contributed by atoms with Gasteiger partial charge in [0.1, 0.15) is 11.7 Å². The Hall–Kier alpha value is -6.19. The van der Waals surface area contributed by atoms with Crippen LogP contribution in [0.2, 0.25) is 0 Å². The van der Waals surface area contributed by atoms with Crippen LogP contribution in [0.1, 0.15) is 70.0 Å². The van der Waals surface area contributed by atoms with Crippen molar-refractivity contribution in [2.24, 2.45) is 10.7 Å². The van der Waals surface area contributed by atoms with Crippen LogP contribution in [-0.2, 0) is 14.3 Å². The van der Waals surface area contributed by atoms with Gasteiger partial charge in [-0.05, 0) is 80.6 Å². The average Bonchev–Trinajstić information content (AvgIpc) is 3.78. The summed E-state index contributed by atoms with van der Waals surface area (Å²) in [6.07, 6.45) is 9.98. The van der Waals surface area contributed by atoms with Crippen LogP contribution < -0.4 is 21.7 Å². The van der Waals surface area contributed by atoms with Gasteiger partial charge in [-0.1, -0.05) is 24.3 Å². The number of anilines is 3. The Bertz CT molecular complexity index is 2170. The van der Waals surface area contributed by atoms with Gasteiger partial charge in [-0.15, -0.1) is 6.58 Å². The lowest BCUT2D eigenvalue weighted by molar-refractivity contribution is -0.136. The molecule has 4 amide bonds. The number of hydrogen-bond donors (Lipinski definition) is 5. The zero-order valence-electron chi connectivity index (χ0n) is 31.1. The van der Waals surface area contributed by atoms with Crippen LogP contribution in [-0.4, -0.2) is 107 Å². The molecule has 6 N–H and O–H groups in total. The minimum Gasteiger partial charge on any atom is -0.404 e. The SMILES string of the molecule is C=CCCN=C/C(=C\N)c1nc(Nc2ccc(C3CCN(CCOCCNc4cccc5c4C(=O)N(C4CCC(=O)NC4=O)C5=O)CC3)cc2)nc2[nH]ccc12. The largest absolute Gasteiger partial charge is 0.404 e. The molecule has 2 fully saturated rings. The summed E-state index contributed by atoms with van der Waals surface area (Å²) in [4.78, 5) is 70.9. The number of imide groups is 2. The molecule has 1 atom stereocenters. The maximum absolute atomic E-state index is 13.3. The normalized spacial score (nSPS) is 18.2. The van der Waals surface area contributed by atoms with Gasteiger partial charge < -0.3 is 31.0 Å². The topological polar surface area (TPSA) is 200 Å².